The quantitative estimate of drug-likeness (QED) is 0.416. The Morgan fingerprint density at radius 3 is 2.85 bits per heavy atom. The van der Waals surface area contributed by atoms with Gasteiger partial charge in [0.15, 0.2) is 0 Å². The molecule has 172 valence electrons. The largest absolute Gasteiger partial charge is 0.497 e. The van der Waals surface area contributed by atoms with Crippen molar-refractivity contribution in [3.63, 3.8) is 0 Å². The Balaban J connectivity index is 1.57. The Bertz CT molecular complexity index is 1200. The molecule has 1 aromatic heterocycles. The average Bonchev–Trinajstić information content (AvgIpc) is 2.84. The Labute approximate surface area is 192 Å². The summed E-state index contributed by atoms with van der Waals surface area (Å²) in [5.74, 6) is 0.366. The molecule has 0 aliphatic carbocycles. The van der Waals surface area contributed by atoms with Gasteiger partial charge in [0.05, 0.1) is 25.7 Å². The molecule has 0 spiro atoms. The van der Waals surface area contributed by atoms with Gasteiger partial charge in [-0.1, -0.05) is 6.08 Å². The lowest BCUT2D eigenvalue weighted by Crippen LogP contribution is -2.67. The van der Waals surface area contributed by atoms with Gasteiger partial charge in [-0.25, -0.2) is 8.78 Å². The maximum Gasteiger partial charge on any atom is 0.134 e. The van der Waals surface area contributed by atoms with Crippen LogP contribution in [0.1, 0.15) is 30.1 Å². The number of aliphatic hydroxyl groups excluding tert-OH is 1. The number of methoxy groups -OCH3 is 1. The second-order valence-corrected chi connectivity index (χ2v) is 9.50. The van der Waals surface area contributed by atoms with Crippen molar-refractivity contribution in [1.29, 1.82) is 0 Å². The van der Waals surface area contributed by atoms with E-state index in [1.54, 1.807) is 13.3 Å². The lowest BCUT2D eigenvalue weighted by Gasteiger charge is -2.58. The van der Waals surface area contributed by atoms with E-state index in [1.807, 2.05) is 30.3 Å². The molecule has 0 radical (unpaired) electrons. The van der Waals surface area contributed by atoms with Crippen LogP contribution in [0.5, 0.6) is 5.75 Å². The predicted octanol–water partition coefficient (Wildman–Crippen LogP) is 5.17. The summed E-state index contributed by atoms with van der Waals surface area (Å²) in [6, 6.07) is 11.2. The number of rotatable bonds is 6. The van der Waals surface area contributed by atoms with Crippen molar-refractivity contribution < 1.29 is 23.1 Å². The summed E-state index contributed by atoms with van der Waals surface area (Å²) in [6.45, 7) is 6.09. The van der Waals surface area contributed by atoms with Gasteiger partial charge in [0, 0.05) is 42.0 Å². The molecular formula is C27H29F2N2O2+. The van der Waals surface area contributed by atoms with Gasteiger partial charge in [0.1, 0.15) is 36.1 Å². The van der Waals surface area contributed by atoms with Crippen molar-refractivity contribution in [2.45, 2.75) is 31.5 Å². The predicted molar refractivity (Wildman–Crippen MR) is 124 cm³/mol. The van der Waals surface area contributed by atoms with E-state index in [1.165, 1.54) is 12.1 Å². The molecule has 33 heavy (non-hydrogen) atoms. The fourth-order valence-corrected chi connectivity index (χ4v) is 6.11. The minimum absolute atomic E-state index is 0.110. The highest BCUT2D eigenvalue weighted by molar-refractivity contribution is 5.83. The first-order valence-electron chi connectivity index (χ1n) is 11.5. The molecule has 2 bridgehead atoms. The van der Waals surface area contributed by atoms with Gasteiger partial charge in [-0.15, -0.1) is 6.58 Å². The highest BCUT2D eigenvalue weighted by Crippen LogP contribution is 2.48. The van der Waals surface area contributed by atoms with Gasteiger partial charge in [0.2, 0.25) is 0 Å². The zero-order chi connectivity index (χ0) is 23.2. The van der Waals surface area contributed by atoms with Crippen molar-refractivity contribution in [1.82, 2.24) is 4.98 Å². The minimum atomic E-state index is -0.750. The lowest BCUT2D eigenvalue weighted by molar-refractivity contribution is -0.985. The van der Waals surface area contributed by atoms with Crippen LogP contribution in [0.3, 0.4) is 0 Å². The fourth-order valence-electron chi connectivity index (χ4n) is 6.11. The highest BCUT2D eigenvalue weighted by atomic mass is 19.1. The van der Waals surface area contributed by atoms with Crippen LogP contribution < -0.4 is 4.74 Å². The SMILES string of the molecule is C=CC1C[N+]2(Cc3ccc(F)cc3F)CCC1CC2[C@@H](O)c1ccnc2ccc(OC)cc12. The summed E-state index contributed by atoms with van der Waals surface area (Å²) in [6.07, 6.45) is 4.81. The van der Waals surface area contributed by atoms with Crippen LogP contribution in [-0.4, -0.2) is 40.8 Å². The van der Waals surface area contributed by atoms with Crippen LogP contribution in [0.15, 0.2) is 61.3 Å². The van der Waals surface area contributed by atoms with Gasteiger partial charge < -0.3 is 14.3 Å². The van der Waals surface area contributed by atoms with E-state index in [0.717, 1.165) is 48.5 Å². The van der Waals surface area contributed by atoms with E-state index in [4.69, 9.17) is 4.74 Å². The number of aromatic nitrogens is 1. The third-order valence-corrected chi connectivity index (χ3v) is 7.84. The first-order valence-corrected chi connectivity index (χ1v) is 11.5. The number of hydrogen-bond acceptors (Lipinski definition) is 3. The van der Waals surface area contributed by atoms with E-state index in [0.29, 0.717) is 34.2 Å². The number of halogens is 2. The zero-order valence-electron chi connectivity index (χ0n) is 18.8. The number of hydrogen-bond donors (Lipinski definition) is 1. The highest BCUT2D eigenvalue weighted by Gasteiger charge is 2.54. The van der Waals surface area contributed by atoms with Crippen molar-refractivity contribution in [2.24, 2.45) is 11.8 Å². The first kappa shape index (κ1) is 22.0. The zero-order valence-corrected chi connectivity index (χ0v) is 18.8. The number of nitrogens with zero attached hydrogens (tertiary/aromatic N) is 2. The molecule has 6 heteroatoms. The van der Waals surface area contributed by atoms with Gasteiger partial charge >= 0.3 is 0 Å². The van der Waals surface area contributed by atoms with Crippen LogP contribution in [0, 0.1) is 23.5 Å². The summed E-state index contributed by atoms with van der Waals surface area (Å²) in [5, 5.41) is 12.6. The average molecular weight is 452 g/mol. The third kappa shape index (κ3) is 3.81. The molecule has 3 aliphatic rings. The topological polar surface area (TPSA) is 42.4 Å². The second-order valence-electron chi connectivity index (χ2n) is 9.50. The molecule has 3 saturated heterocycles. The van der Waals surface area contributed by atoms with Crippen molar-refractivity contribution in [3.8, 4) is 5.75 Å². The van der Waals surface area contributed by atoms with Gasteiger partial charge in [-0.3, -0.25) is 4.98 Å². The molecule has 0 saturated carbocycles. The first-order chi connectivity index (χ1) is 15.9. The normalized spacial score (nSPS) is 27.5. The third-order valence-electron chi connectivity index (χ3n) is 7.84. The molecule has 4 unspecified atom stereocenters. The van der Waals surface area contributed by atoms with Crippen LogP contribution in [-0.2, 0) is 6.54 Å². The maximum atomic E-state index is 14.7. The van der Waals surface area contributed by atoms with Crippen LogP contribution in [0.2, 0.25) is 0 Å². The molecule has 5 atom stereocenters. The van der Waals surface area contributed by atoms with Crippen molar-refractivity contribution in [3.05, 3.63) is 84.1 Å². The second kappa shape index (κ2) is 8.50. The summed E-state index contributed by atoms with van der Waals surface area (Å²) < 4.78 is 34.2. The molecule has 4 nitrogen and oxygen atoms in total. The molecule has 1 N–H and O–H groups in total. The number of benzene rings is 2. The molecule has 6 rings (SSSR count). The summed E-state index contributed by atoms with van der Waals surface area (Å²) >= 11 is 0. The van der Waals surface area contributed by atoms with E-state index in [9.17, 15) is 13.9 Å². The number of quaternary nitrogens is 1. The molecule has 2 aromatic carbocycles. The molecule has 0 amide bonds. The van der Waals surface area contributed by atoms with Crippen LogP contribution >= 0.6 is 0 Å². The molecule has 4 heterocycles. The van der Waals surface area contributed by atoms with Crippen LogP contribution in [0.25, 0.3) is 10.9 Å². The standard InChI is InChI=1S/C27H29F2N2O2/c1-3-17-15-31(16-19-4-5-20(28)13-24(19)29)11-9-18(17)12-26(31)27(32)22-8-10-30-25-7-6-21(33-2)14-23(22)25/h3-8,10,13-14,17-18,26-27,32H,1,9,11-12,15-16H2,2H3/q+1/t17?,18?,26?,27-,31?/m0/s1. The summed E-state index contributed by atoms with van der Waals surface area (Å²) in [4.78, 5) is 4.45. The number of pyridine rings is 1. The molecule has 3 aliphatic heterocycles. The van der Waals surface area contributed by atoms with Gasteiger partial charge in [-0.05, 0) is 47.9 Å². The Morgan fingerprint density at radius 2 is 2.09 bits per heavy atom. The van der Waals surface area contributed by atoms with Crippen molar-refractivity contribution >= 4 is 10.9 Å². The van der Waals surface area contributed by atoms with E-state index >= 15 is 0 Å². The minimum Gasteiger partial charge on any atom is -0.497 e. The maximum absolute atomic E-state index is 14.7. The lowest BCUT2D eigenvalue weighted by atomic mass is 9.71. The number of piperidine rings is 3. The molecular weight excluding hydrogens is 422 g/mol. The smallest absolute Gasteiger partial charge is 0.134 e. The van der Waals surface area contributed by atoms with E-state index in [2.05, 4.69) is 11.6 Å². The monoisotopic (exact) mass is 451 g/mol. The number of aliphatic hydroxyl groups is 1. The number of fused-ring (bicyclic) bond motifs is 4. The Hall–Kier alpha value is -2.83. The van der Waals surface area contributed by atoms with E-state index < -0.39 is 17.7 Å². The molecule has 3 aromatic rings. The Kier molecular flexibility index (Phi) is 5.67. The Morgan fingerprint density at radius 1 is 1.24 bits per heavy atom. The fraction of sp³-hybridized carbons (Fsp3) is 0.370. The summed E-state index contributed by atoms with van der Waals surface area (Å²) in [7, 11) is 1.62. The van der Waals surface area contributed by atoms with Crippen LogP contribution in [0.4, 0.5) is 8.78 Å². The molecule has 3 fully saturated rings. The summed E-state index contributed by atoms with van der Waals surface area (Å²) in [5.41, 5.74) is 2.09. The van der Waals surface area contributed by atoms with Gasteiger partial charge in [0.25, 0.3) is 0 Å². The van der Waals surface area contributed by atoms with E-state index in [-0.39, 0.29) is 6.04 Å². The van der Waals surface area contributed by atoms with Gasteiger partial charge in [-0.2, -0.15) is 0 Å². The van der Waals surface area contributed by atoms with Crippen molar-refractivity contribution in [2.75, 3.05) is 20.2 Å². The number of ether oxygens (including phenoxy) is 1.